The number of nitrogens with zero attached hydrogens (tertiary/aromatic N) is 3. The summed E-state index contributed by atoms with van der Waals surface area (Å²) in [7, 11) is 0. The molecule has 2 aromatic rings. The number of aliphatic hydroxyl groups is 2. The van der Waals surface area contributed by atoms with Crippen molar-refractivity contribution in [3.05, 3.63) is 46.4 Å². The first-order valence-corrected chi connectivity index (χ1v) is 7.73. The van der Waals surface area contributed by atoms with Gasteiger partial charge in [0.05, 0.1) is 24.0 Å². The zero-order valence-corrected chi connectivity index (χ0v) is 13.5. The lowest BCUT2D eigenvalue weighted by Crippen LogP contribution is -2.24. The van der Waals surface area contributed by atoms with Crippen LogP contribution in [0, 0.1) is 10.1 Å². The number of benzene rings is 1. The Morgan fingerprint density at radius 3 is 2.88 bits per heavy atom. The van der Waals surface area contributed by atoms with Crippen LogP contribution in [-0.2, 0) is 4.74 Å². The van der Waals surface area contributed by atoms with Crippen molar-refractivity contribution in [1.29, 1.82) is 0 Å². The van der Waals surface area contributed by atoms with Gasteiger partial charge in [0.1, 0.15) is 23.8 Å². The molecule has 0 saturated carbocycles. The summed E-state index contributed by atoms with van der Waals surface area (Å²) >= 11 is 0. The Hall–Kier alpha value is -3.02. The van der Waals surface area contributed by atoms with E-state index >= 15 is 0 Å². The third kappa shape index (κ3) is 3.22. The highest BCUT2D eigenvalue weighted by Crippen LogP contribution is 2.31. The molecule has 2 heterocycles. The summed E-state index contributed by atoms with van der Waals surface area (Å²) in [6, 6.07) is 5.69. The van der Waals surface area contributed by atoms with Crippen LogP contribution in [-0.4, -0.2) is 49.4 Å². The normalized spacial score (nSPS) is 22.3. The van der Waals surface area contributed by atoms with Crippen molar-refractivity contribution in [2.45, 2.75) is 24.9 Å². The summed E-state index contributed by atoms with van der Waals surface area (Å²) in [6.45, 7) is -0.350. The number of nitrogens with two attached hydrogens (primary N) is 1. The Balaban J connectivity index is 1.80. The van der Waals surface area contributed by atoms with Gasteiger partial charge in [0.25, 0.3) is 11.6 Å². The molecule has 0 unspecified atom stereocenters. The molecule has 1 aromatic carbocycles. The quantitative estimate of drug-likeness (QED) is 0.434. The molecular formula is C15H17N5O6. The third-order valence-electron chi connectivity index (χ3n) is 4.09. The maximum absolute atomic E-state index is 12.4. The molecule has 1 amide bonds. The van der Waals surface area contributed by atoms with Crippen LogP contribution >= 0.6 is 0 Å². The van der Waals surface area contributed by atoms with Crippen LogP contribution in [0.3, 0.4) is 0 Å². The molecule has 0 spiro atoms. The molecule has 26 heavy (non-hydrogen) atoms. The van der Waals surface area contributed by atoms with Gasteiger partial charge in [-0.2, -0.15) is 0 Å². The lowest BCUT2D eigenvalue weighted by atomic mass is 10.2. The fourth-order valence-electron chi connectivity index (χ4n) is 2.75. The summed E-state index contributed by atoms with van der Waals surface area (Å²) in [5.41, 5.74) is 5.58. The number of aliphatic hydroxyl groups excluding tert-OH is 2. The summed E-state index contributed by atoms with van der Waals surface area (Å²) in [4.78, 5) is 26.8. The van der Waals surface area contributed by atoms with Gasteiger partial charge in [-0.25, -0.2) is 4.98 Å². The van der Waals surface area contributed by atoms with Crippen LogP contribution in [0.5, 0.6) is 0 Å². The van der Waals surface area contributed by atoms with Crippen LogP contribution in [0.1, 0.15) is 23.1 Å². The van der Waals surface area contributed by atoms with Gasteiger partial charge in [-0.1, -0.05) is 12.1 Å². The predicted molar refractivity (Wildman–Crippen MR) is 89.3 cm³/mol. The largest absolute Gasteiger partial charge is 0.394 e. The lowest BCUT2D eigenvalue weighted by Gasteiger charge is -2.14. The molecule has 1 fully saturated rings. The molecule has 3 atom stereocenters. The van der Waals surface area contributed by atoms with E-state index in [1.807, 2.05) is 0 Å². The highest BCUT2D eigenvalue weighted by atomic mass is 16.6. The number of anilines is 2. The Bertz CT molecular complexity index is 838. The van der Waals surface area contributed by atoms with Crippen LogP contribution in [0.15, 0.2) is 30.6 Å². The number of nitrogens with one attached hydrogen (secondary N) is 1. The molecule has 1 aliphatic heterocycles. The predicted octanol–water partition coefficient (Wildman–Crippen LogP) is 0.266. The van der Waals surface area contributed by atoms with Crippen LogP contribution in [0.4, 0.5) is 17.2 Å². The number of nitro groups is 1. The van der Waals surface area contributed by atoms with Gasteiger partial charge in [0.15, 0.2) is 5.69 Å². The molecular weight excluding hydrogens is 346 g/mol. The summed E-state index contributed by atoms with van der Waals surface area (Å²) in [5.74, 6) is -0.732. The summed E-state index contributed by atoms with van der Waals surface area (Å²) in [5, 5.41) is 32.4. The standard InChI is InChI=1S/C15H17N5O6/c16-14-13(15(23)18-8-3-1-2-4-9(8)20(24)25)17-7-19(14)12-5-10(22)11(6-21)26-12/h1-4,7,10-12,21-22H,5-6,16H2,(H,18,23)/t10-,11+,12+/m0/s1. The fraction of sp³-hybridized carbons (Fsp3) is 0.333. The van der Waals surface area contributed by atoms with E-state index in [-0.39, 0.29) is 35.9 Å². The van der Waals surface area contributed by atoms with E-state index in [0.29, 0.717) is 0 Å². The second kappa shape index (κ2) is 7.07. The van der Waals surface area contributed by atoms with Crippen molar-refractivity contribution in [2.24, 2.45) is 0 Å². The maximum Gasteiger partial charge on any atom is 0.292 e. The number of carbonyl (C=O) groups excluding carboxylic acids is 1. The molecule has 11 heteroatoms. The van der Waals surface area contributed by atoms with Gasteiger partial charge >= 0.3 is 0 Å². The van der Waals surface area contributed by atoms with Gasteiger partial charge in [0.2, 0.25) is 0 Å². The van der Waals surface area contributed by atoms with E-state index in [4.69, 9.17) is 15.6 Å². The number of hydrogen-bond acceptors (Lipinski definition) is 8. The van der Waals surface area contributed by atoms with Crippen molar-refractivity contribution in [2.75, 3.05) is 17.7 Å². The van der Waals surface area contributed by atoms with E-state index in [1.54, 1.807) is 6.07 Å². The Morgan fingerprint density at radius 2 is 2.23 bits per heavy atom. The number of ether oxygens (including phenoxy) is 1. The number of rotatable bonds is 5. The SMILES string of the molecule is Nc1c(C(=O)Nc2ccccc2[N+](=O)[O-])ncn1[C@H]1C[C@H](O)[C@@H](CO)O1. The van der Waals surface area contributed by atoms with Crippen molar-refractivity contribution < 1.29 is 24.7 Å². The number of amides is 1. The van der Waals surface area contributed by atoms with Crippen molar-refractivity contribution in [1.82, 2.24) is 9.55 Å². The fourth-order valence-corrected chi connectivity index (χ4v) is 2.75. The smallest absolute Gasteiger partial charge is 0.292 e. The van der Waals surface area contributed by atoms with Crippen LogP contribution < -0.4 is 11.1 Å². The van der Waals surface area contributed by atoms with Gasteiger partial charge in [-0.3, -0.25) is 19.5 Å². The van der Waals surface area contributed by atoms with E-state index in [1.165, 1.54) is 29.1 Å². The Kier molecular flexibility index (Phi) is 4.84. The Labute approximate surface area is 147 Å². The molecule has 5 N–H and O–H groups in total. The van der Waals surface area contributed by atoms with Gasteiger partial charge < -0.3 is 26.0 Å². The number of imidazole rings is 1. The first-order valence-electron chi connectivity index (χ1n) is 7.73. The third-order valence-corrected chi connectivity index (χ3v) is 4.09. The lowest BCUT2D eigenvalue weighted by molar-refractivity contribution is -0.383. The molecule has 0 aliphatic carbocycles. The minimum absolute atomic E-state index is 0.0168. The van der Waals surface area contributed by atoms with Crippen LogP contribution in [0.2, 0.25) is 0 Å². The number of aromatic nitrogens is 2. The van der Waals surface area contributed by atoms with Gasteiger partial charge in [-0.15, -0.1) is 0 Å². The first kappa shape index (κ1) is 17.8. The van der Waals surface area contributed by atoms with E-state index in [2.05, 4.69) is 10.3 Å². The molecule has 3 rings (SSSR count). The summed E-state index contributed by atoms with van der Waals surface area (Å²) in [6.07, 6.45) is -0.831. The zero-order valence-electron chi connectivity index (χ0n) is 13.5. The average molecular weight is 363 g/mol. The highest BCUT2D eigenvalue weighted by molar-refractivity contribution is 6.06. The molecule has 11 nitrogen and oxygen atoms in total. The topological polar surface area (TPSA) is 166 Å². The maximum atomic E-state index is 12.4. The molecule has 1 saturated heterocycles. The Morgan fingerprint density at radius 1 is 1.50 bits per heavy atom. The minimum Gasteiger partial charge on any atom is -0.394 e. The minimum atomic E-state index is -0.865. The molecule has 1 aromatic heterocycles. The highest BCUT2D eigenvalue weighted by Gasteiger charge is 2.36. The van der Waals surface area contributed by atoms with E-state index in [9.17, 15) is 20.0 Å². The van der Waals surface area contributed by atoms with Crippen LogP contribution in [0.25, 0.3) is 0 Å². The molecule has 1 aliphatic rings. The number of para-hydroxylation sites is 2. The average Bonchev–Trinajstić information content (AvgIpc) is 3.17. The molecule has 0 bridgehead atoms. The molecule has 138 valence electrons. The van der Waals surface area contributed by atoms with Crippen molar-refractivity contribution in [3.8, 4) is 0 Å². The van der Waals surface area contributed by atoms with E-state index in [0.717, 1.165) is 0 Å². The number of carbonyl (C=O) groups is 1. The van der Waals surface area contributed by atoms with Gasteiger partial charge in [-0.05, 0) is 6.07 Å². The second-order valence-corrected chi connectivity index (χ2v) is 5.73. The molecule has 0 radical (unpaired) electrons. The first-order chi connectivity index (χ1) is 12.4. The van der Waals surface area contributed by atoms with E-state index < -0.39 is 29.3 Å². The summed E-state index contributed by atoms with van der Waals surface area (Å²) < 4.78 is 6.84. The van der Waals surface area contributed by atoms with Crippen molar-refractivity contribution >= 4 is 23.1 Å². The zero-order chi connectivity index (χ0) is 18.8. The van der Waals surface area contributed by atoms with Crippen molar-refractivity contribution in [3.63, 3.8) is 0 Å². The number of nitro benzene ring substituents is 1. The number of hydrogen-bond donors (Lipinski definition) is 4. The second-order valence-electron chi connectivity index (χ2n) is 5.73. The van der Waals surface area contributed by atoms with Gasteiger partial charge in [0, 0.05) is 12.5 Å². The number of nitrogen functional groups attached to an aromatic ring is 1. The monoisotopic (exact) mass is 363 g/mol.